The SMILES string of the molecule is Cc1cc(COc2ccc(C3CCN(C(C(=O)NO)C(C)C)C3=O)cc2)c2cc(Cl)ccc2n1. The highest BCUT2D eigenvalue weighted by molar-refractivity contribution is 6.31. The van der Waals surface area contributed by atoms with Gasteiger partial charge in [-0.1, -0.05) is 37.6 Å². The Bertz CT molecular complexity index is 1210. The first-order valence-electron chi connectivity index (χ1n) is 11.3. The molecule has 0 aliphatic carbocycles. The summed E-state index contributed by atoms with van der Waals surface area (Å²) in [4.78, 5) is 31.3. The number of pyridine rings is 1. The standard InChI is InChI=1S/C26H28ClN3O4/c1-15(2)24(25(31)29-33)30-11-10-21(26(30)32)17-4-7-20(8-5-17)34-14-18-12-16(3)28-23-9-6-19(27)13-22(18)23/h4-9,12-13,15,21,24,33H,10-11,14H2,1-3H3,(H,29,31). The summed E-state index contributed by atoms with van der Waals surface area (Å²) in [5, 5.41) is 10.7. The van der Waals surface area contributed by atoms with E-state index < -0.39 is 11.9 Å². The van der Waals surface area contributed by atoms with Gasteiger partial charge in [-0.05, 0) is 61.2 Å². The molecule has 0 bridgehead atoms. The maximum atomic E-state index is 13.1. The van der Waals surface area contributed by atoms with Gasteiger partial charge in [0.2, 0.25) is 5.91 Å². The Morgan fingerprint density at radius 3 is 2.65 bits per heavy atom. The summed E-state index contributed by atoms with van der Waals surface area (Å²) in [6.07, 6.45) is 0.615. The molecular formula is C26H28ClN3O4. The number of fused-ring (bicyclic) bond motifs is 1. The molecule has 34 heavy (non-hydrogen) atoms. The quantitative estimate of drug-likeness (QED) is 0.379. The summed E-state index contributed by atoms with van der Waals surface area (Å²) in [5.41, 5.74) is 5.34. The molecule has 7 nitrogen and oxygen atoms in total. The number of amides is 2. The predicted molar refractivity (Wildman–Crippen MR) is 130 cm³/mol. The monoisotopic (exact) mass is 481 g/mol. The fraction of sp³-hybridized carbons (Fsp3) is 0.346. The highest BCUT2D eigenvalue weighted by Crippen LogP contribution is 2.32. The van der Waals surface area contributed by atoms with E-state index in [1.54, 1.807) is 10.4 Å². The van der Waals surface area contributed by atoms with E-state index in [0.29, 0.717) is 30.3 Å². The molecule has 0 radical (unpaired) electrons. The first-order chi connectivity index (χ1) is 16.3. The number of hydrogen-bond acceptors (Lipinski definition) is 5. The molecule has 0 saturated carbocycles. The highest BCUT2D eigenvalue weighted by atomic mass is 35.5. The van der Waals surface area contributed by atoms with Gasteiger partial charge in [-0.15, -0.1) is 0 Å². The van der Waals surface area contributed by atoms with Gasteiger partial charge in [0.1, 0.15) is 18.4 Å². The zero-order valence-electron chi connectivity index (χ0n) is 19.4. The van der Waals surface area contributed by atoms with E-state index in [2.05, 4.69) is 4.98 Å². The summed E-state index contributed by atoms with van der Waals surface area (Å²) in [6, 6.07) is 14.4. The second-order valence-corrected chi connectivity index (χ2v) is 9.42. The molecule has 1 aliphatic heterocycles. The van der Waals surface area contributed by atoms with Crippen molar-refractivity contribution in [1.82, 2.24) is 15.4 Å². The zero-order chi connectivity index (χ0) is 24.4. The average Bonchev–Trinajstić information content (AvgIpc) is 3.18. The van der Waals surface area contributed by atoms with Crippen LogP contribution in [0.2, 0.25) is 5.02 Å². The van der Waals surface area contributed by atoms with Crippen LogP contribution in [0.15, 0.2) is 48.5 Å². The van der Waals surface area contributed by atoms with Crippen LogP contribution in [0.1, 0.15) is 43.0 Å². The van der Waals surface area contributed by atoms with Crippen LogP contribution in [0, 0.1) is 12.8 Å². The number of nitrogens with one attached hydrogen (secondary N) is 1. The molecule has 2 aromatic carbocycles. The van der Waals surface area contributed by atoms with Crippen molar-refractivity contribution in [3.8, 4) is 5.75 Å². The number of rotatable bonds is 7. The number of halogens is 1. The van der Waals surface area contributed by atoms with Gasteiger partial charge in [0.15, 0.2) is 0 Å². The van der Waals surface area contributed by atoms with Gasteiger partial charge in [-0.25, -0.2) is 5.48 Å². The van der Waals surface area contributed by atoms with E-state index in [9.17, 15) is 9.59 Å². The van der Waals surface area contributed by atoms with Gasteiger partial charge in [0.25, 0.3) is 5.91 Å². The van der Waals surface area contributed by atoms with Crippen molar-refractivity contribution in [3.05, 3.63) is 70.4 Å². The Morgan fingerprint density at radius 2 is 1.97 bits per heavy atom. The number of ether oxygens (including phenoxy) is 1. The topological polar surface area (TPSA) is 91.8 Å². The van der Waals surface area contributed by atoms with E-state index in [-0.39, 0.29) is 17.7 Å². The van der Waals surface area contributed by atoms with Gasteiger partial charge in [0.05, 0.1) is 11.4 Å². The first kappa shape index (κ1) is 24.0. The lowest BCUT2D eigenvalue weighted by Gasteiger charge is -2.29. The van der Waals surface area contributed by atoms with Crippen LogP contribution < -0.4 is 10.2 Å². The van der Waals surface area contributed by atoms with E-state index in [0.717, 1.165) is 27.7 Å². The fourth-order valence-electron chi connectivity index (χ4n) is 4.65. The van der Waals surface area contributed by atoms with Crippen molar-refractivity contribution in [3.63, 3.8) is 0 Å². The van der Waals surface area contributed by atoms with E-state index in [1.807, 2.05) is 69.3 Å². The van der Waals surface area contributed by atoms with Gasteiger partial charge in [-0.3, -0.25) is 19.8 Å². The van der Waals surface area contributed by atoms with Gasteiger partial charge < -0.3 is 9.64 Å². The number of benzene rings is 2. The summed E-state index contributed by atoms with van der Waals surface area (Å²) in [7, 11) is 0. The van der Waals surface area contributed by atoms with E-state index in [1.165, 1.54) is 0 Å². The molecule has 1 saturated heterocycles. The minimum absolute atomic E-state index is 0.105. The first-order valence-corrected chi connectivity index (χ1v) is 11.7. The van der Waals surface area contributed by atoms with Crippen molar-refractivity contribution in [2.24, 2.45) is 5.92 Å². The minimum Gasteiger partial charge on any atom is -0.489 e. The molecule has 0 spiro atoms. The Hall–Kier alpha value is -3.16. The van der Waals surface area contributed by atoms with Crippen LogP contribution in [0.4, 0.5) is 0 Å². The van der Waals surface area contributed by atoms with Crippen LogP contribution in [0.5, 0.6) is 5.75 Å². The van der Waals surface area contributed by atoms with Crippen LogP contribution in [0.25, 0.3) is 10.9 Å². The smallest absolute Gasteiger partial charge is 0.266 e. The van der Waals surface area contributed by atoms with Crippen LogP contribution in [-0.2, 0) is 16.2 Å². The Kier molecular flexibility index (Phi) is 7.05. The zero-order valence-corrected chi connectivity index (χ0v) is 20.2. The van der Waals surface area contributed by atoms with Crippen LogP contribution in [-0.4, -0.2) is 39.5 Å². The van der Waals surface area contributed by atoms with Crippen LogP contribution >= 0.6 is 11.6 Å². The molecule has 178 valence electrons. The third-order valence-corrected chi connectivity index (χ3v) is 6.48. The number of likely N-dealkylation sites (tertiary alicyclic amines) is 1. The molecule has 2 heterocycles. The molecule has 1 aliphatic rings. The van der Waals surface area contributed by atoms with Crippen molar-refractivity contribution < 1.29 is 19.5 Å². The Labute approximate surface area is 203 Å². The second kappa shape index (κ2) is 9.99. The van der Waals surface area contributed by atoms with Gasteiger partial charge in [0, 0.05) is 28.2 Å². The number of carbonyl (C=O) groups excluding carboxylic acids is 2. The predicted octanol–water partition coefficient (Wildman–Crippen LogP) is 4.62. The van der Waals surface area contributed by atoms with Crippen molar-refractivity contribution in [2.45, 2.75) is 45.8 Å². The third-order valence-electron chi connectivity index (χ3n) is 6.25. The normalized spacial score (nSPS) is 16.8. The van der Waals surface area contributed by atoms with E-state index >= 15 is 0 Å². The molecule has 1 aromatic heterocycles. The van der Waals surface area contributed by atoms with Crippen molar-refractivity contribution >= 4 is 34.3 Å². The molecule has 2 atom stereocenters. The summed E-state index contributed by atoms with van der Waals surface area (Å²) >= 11 is 6.18. The summed E-state index contributed by atoms with van der Waals surface area (Å²) < 4.78 is 6.03. The number of hydroxylamine groups is 1. The van der Waals surface area contributed by atoms with Gasteiger partial charge >= 0.3 is 0 Å². The molecule has 8 heteroatoms. The lowest BCUT2D eigenvalue weighted by Crippen LogP contribution is -2.50. The van der Waals surface area contributed by atoms with Gasteiger partial charge in [-0.2, -0.15) is 0 Å². The number of aryl methyl sites for hydroxylation is 1. The summed E-state index contributed by atoms with van der Waals surface area (Å²) in [5.74, 6) is -0.418. The second-order valence-electron chi connectivity index (χ2n) is 8.98. The number of aromatic nitrogens is 1. The fourth-order valence-corrected chi connectivity index (χ4v) is 4.82. The largest absolute Gasteiger partial charge is 0.489 e. The number of nitrogens with zero attached hydrogens (tertiary/aromatic N) is 2. The molecule has 2 unspecified atom stereocenters. The third kappa shape index (κ3) is 4.86. The van der Waals surface area contributed by atoms with Crippen LogP contribution in [0.3, 0.4) is 0 Å². The lowest BCUT2D eigenvalue weighted by molar-refractivity contribution is -0.144. The Balaban J connectivity index is 1.46. The molecule has 1 fully saturated rings. The average molecular weight is 482 g/mol. The number of carbonyl (C=O) groups is 2. The molecule has 3 aromatic rings. The van der Waals surface area contributed by atoms with Crippen molar-refractivity contribution in [1.29, 1.82) is 0 Å². The molecule has 4 rings (SSSR count). The minimum atomic E-state index is -0.697. The molecule has 2 N–H and O–H groups in total. The molecular weight excluding hydrogens is 454 g/mol. The maximum Gasteiger partial charge on any atom is 0.266 e. The number of hydrogen-bond donors (Lipinski definition) is 2. The molecule has 2 amide bonds. The maximum absolute atomic E-state index is 13.1. The lowest BCUT2D eigenvalue weighted by atomic mass is 9.97. The van der Waals surface area contributed by atoms with E-state index in [4.69, 9.17) is 21.5 Å². The Morgan fingerprint density at radius 1 is 1.24 bits per heavy atom. The highest BCUT2D eigenvalue weighted by Gasteiger charge is 2.40. The van der Waals surface area contributed by atoms with Crippen molar-refractivity contribution in [2.75, 3.05) is 6.54 Å². The summed E-state index contributed by atoms with van der Waals surface area (Å²) in [6.45, 7) is 6.49.